The van der Waals surface area contributed by atoms with Gasteiger partial charge in [0, 0.05) is 0 Å². The Labute approximate surface area is 123 Å². The second-order valence-electron chi connectivity index (χ2n) is 6.35. The highest BCUT2D eigenvalue weighted by Crippen LogP contribution is 2.44. The van der Waals surface area contributed by atoms with Gasteiger partial charge in [0.05, 0.1) is 18.2 Å². The molecule has 0 spiro atoms. The molecule has 0 heterocycles. The fourth-order valence-electron chi connectivity index (χ4n) is 4.22. The maximum Gasteiger partial charge on any atom is 0.0876 e. The van der Waals surface area contributed by atoms with Crippen molar-refractivity contribution in [2.45, 2.75) is 75.9 Å². The summed E-state index contributed by atoms with van der Waals surface area (Å²) >= 11 is 0. The Hall–Kier alpha value is 0.170. The highest BCUT2D eigenvalue weighted by atomic mass is 35.5. The van der Waals surface area contributed by atoms with E-state index in [4.69, 9.17) is 5.73 Å². The van der Waals surface area contributed by atoms with Crippen molar-refractivity contribution in [2.75, 3.05) is 6.61 Å². The van der Waals surface area contributed by atoms with Gasteiger partial charge in [-0.15, -0.1) is 12.4 Å². The zero-order chi connectivity index (χ0) is 13.0. The first-order valence-electron chi connectivity index (χ1n) is 7.78. The van der Waals surface area contributed by atoms with Gasteiger partial charge < -0.3 is 15.9 Å². The summed E-state index contributed by atoms with van der Waals surface area (Å²) in [5.41, 5.74) is 5.29. The summed E-state index contributed by atoms with van der Waals surface area (Å²) in [7, 11) is 0. The van der Waals surface area contributed by atoms with Crippen molar-refractivity contribution < 1.29 is 10.2 Å². The molecule has 4 N–H and O–H groups in total. The Bertz CT molecular complexity index is 233. The predicted molar refractivity (Wildman–Crippen MR) is 80.4 cm³/mol. The van der Waals surface area contributed by atoms with Crippen molar-refractivity contribution >= 4 is 12.4 Å². The standard InChI is InChI=1S/C15H29NO2.ClH/c16-14(11-17)15(18,12-7-3-1-4-8-12)13-9-5-2-6-10-13;/h12-14,17-18H,1-11,16H2;1H/t14-;/m0./s1. The van der Waals surface area contributed by atoms with Gasteiger partial charge in [0.25, 0.3) is 0 Å². The van der Waals surface area contributed by atoms with Crippen LogP contribution in [0.5, 0.6) is 0 Å². The molecule has 19 heavy (non-hydrogen) atoms. The molecule has 0 aliphatic heterocycles. The van der Waals surface area contributed by atoms with Crippen molar-refractivity contribution in [1.82, 2.24) is 0 Å². The predicted octanol–water partition coefficient (Wildman–Crippen LogP) is 2.62. The van der Waals surface area contributed by atoms with Crippen LogP contribution < -0.4 is 5.73 Å². The molecular weight excluding hydrogens is 262 g/mol. The molecule has 2 aliphatic rings. The number of aliphatic hydroxyl groups excluding tert-OH is 1. The van der Waals surface area contributed by atoms with Crippen LogP contribution in [0.1, 0.15) is 64.2 Å². The summed E-state index contributed by atoms with van der Waals surface area (Å²) in [6, 6.07) is -0.469. The largest absolute Gasteiger partial charge is 0.395 e. The molecule has 2 fully saturated rings. The first kappa shape index (κ1) is 17.2. The van der Waals surface area contributed by atoms with Crippen molar-refractivity contribution in [3.8, 4) is 0 Å². The molecule has 114 valence electrons. The van der Waals surface area contributed by atoms with E-state index in [1.54, 1.807) is 0 Å². The van der Waals surface area contributed by atoms with Crippen LogP contribution in [-0.4, -0.2) is 28.5 Å². The average molecular weight is 292 g/mol. The lowest BCUT2D eigenvalue weighted by Gasteiger charge is -2.48. The fourth-order valence-corrected chi connectivity index (χ4v) is 4.22. The monoisotopic (exact) mass is 291 g/mol. The Balaban J connectivity index is 0.00000180. The lowest BCUT2D eigenvalue weighted by atomic mass is 9.63. The van der Waals surface area contributed by atoms with Crippen LogP contribution in [0.4, 0.5) is 0 Å². The first-order valence-corrected chi connectivity index (χ1v) is 7.78. The molecule has 2 saturated carbocycles. The maximum atomic E-state index is 11.2. The minimum atomic E-state index is -0.824. The van der Waals surface area contributed by atoms with Crippen LogP contribution in [0.15, 0.2) is 0 Å². The summed E-state index contributed by atoms with van der Waals surface area (Å²) in [5.74, 6) is 0.605. The van der Waals surface area contributed by atoms with Crippen LogP contribution in [-0.2, 0) is 0 Å². The van der Waals surface area contributed by atoms with Gasteiger partial charge in [0.2, 0.25) is 0 Å². The molecule has 0 aromatic heterocycles. The van der Waals surface area contributed by atoms with E-state index >= 15 is 0 Å². The summed E-state index contributed by atoms with van der Waals surface area (Å²) in [6.45, 7) is -0.0938. The molecular formula is C15H30ClNO2. The fraction of sp³-hybridized carbons (Fsp3) is 1.00. The molecule has 0 aromatic rings. The molecule has 2 rings (SSSR count). The van der Waals surface area contributed by atoms with Crippen LogP contribution >= 0.6 is 12.4 Å². The Morgan fingerprint density at radius 3 is 1.58 bits per heavy atom. The van der Waals surface area contributed by atoms with E-state index in [0.717, 1.165) is 25.7 Å². The normalized spacial score (nSPS) is 24.8. The summed E-state index contributed by atoms with van der Waals surface area (Å²) < 4.78 is 0. The summed E-state index contributed by atoms with van der Waals surface area (Å²) in [5, 5.41) is 20.7. The summed E-state index contributed by atoms with van der Waals surface area (Å²) in [4.78, 5) is 0. The smallest absolute Gasteiger partial charge is 0.0876 e. The lowest BCUT2D eigenvalue weighted by molar-refractivity contribution is -0.117. The molecule has 0 saturated heterocycles. The molecule has 0 radical (unpaired) electrons. The Morgan fingerprint density at radius 1 is 0.895 bits per heavy atom. The van der Waals surface area contributed by atoms with E-state index in [1.807, 2.05) is 0 Å². The van der Waals surface area contributed by atoms with Gasteiger partial charge in [-0.25, -0.2) is 0 Å². The molecule has 0 bridgehead atoms. The van der Waals surface area contributed by atoms with Gasteiger partial charge in [0.1, 0.15) is 0 Å². The van der Waals surface area contributed by atoms with Crippen molar-refractivity contribution in [1.29, 1.82) is 0 Å². The van der Waals surface area contributed by atoms with Crippen LogP contribution in [0.25, 0.3) is 0 Å². The first-order chi connectivity index (χ1) is 8.69. The molecule has 0 amide bonds. The van der Waals surface area contributed by atoms with Gasteiger partial charge in [0.15, 0.2) is 0 Å². The number of hydrogen-bond acceptors (Lipinski definition) is 3. The number of nitrogens with two attached hydrogens (primary N) is 1. The minimum Gasteiger partial charge on any atom is -0.395 e. The van der Waals surface area contributed by atoms with Gasteiger partial charge in [-0.1, -0.05) is 38.5 Å². The molecule has 2 aliphatic carbocycles. The number of aliphatic hydroxyl groups is 2. The van der Waals surface area contributed by atoms with Gasteiger partial charge in [-0.3, -0.25) is 0 Å². The number of hydrogen-bond donors (Lipinski definition) is 3. The average Bonchev–Trinajstić information content (AvgIpc) is 2.47. The summed E-state index contributed by atoms with van der Waals surface area (Å²) in [6.07, 6.45) is 11.7. The number of rotatable bonds is 4. The van der Waals surface area contributed by atoms with E-state index in [9.17, 15) is 10.2 Å². The van der Waals surface area contributed by atoms with Gasteiger partial charge in [-0.05, 0) is 37.5 Å². The highest BCUT2D eigenvalue weighted by molar-refractivity contribution is 5.85. The molecule has 0 aromatic carbocycles. The maximum absolute atomic E-state index is 11.2. The zero-order valence-corrected chi connectivity index (χ0v) is 12.7. The SMILES string of the molecule is Cl.N[C@@H](CO)C(O)(C1CCCCC1)C1CCCCC1. The third-order valence-electron chi connectivity index (χ3n) is 5.31. The van der Waals surface area contributed by atoms with E-state index in [2.05, 4.69) is 0 Å². The minimum absolute atomic E-state index is 0. The Kier molecular flexibility index (Phi) is 7.09. The van der Waals surface area contributed by atoms with Crippen LogP contribution in [0.3, 0.4) is 0 Å². The van der Waals surface area contributed by atoms with Crippen LogP contribution in [0.2, 0.25) is 0 Å². The van der Waals surface area contributed by atoms with Crippen molar-refractivity contribution in [2.24, 2.45) is 17.6 Å². The van der Waals surface area contributed by atoms with Crippen molar-refractivity contribution in [3.63, 3.8) is 0 Å². The van der Waals surface area contributed by atoms with E-state index in [1.165, 1.54) is 38.5 Å². The molecule has 3 nitrogen and oxygen atoms in total. The topological polar surface area (TPSA) is 66.5 Å². The quantitative estimate of drug-likeness (QED) is 0.746. The van der Waals surface area contributed by atoms with E-state index < -0.39 is 11.6 Å². The van der Waals surface area contributed by atoms with Crippen LogP contribution in [0, 0.1) is 11.8 Å². The lowest BCUT2D eigenvalue weighted by Crippen LogP contribution is -2.60. The highest BCUT2D eigenvalue weighted by Gasteiger charge is 2.47. The third-order valence-corrected chi connectivity index (χ3v) is 5.31. The molecule has 4 heteroatoms. The van der Waals surface area contributed by atoms with Gasteiger partial charge >= 0.3 is 0 Å². The Morgan fingerprint density at radius 2 is 1.26 bits per heavy atom. The zero-order valence-electron chi connectivity index (χ0n) is 11.9. The van der Waals surface area contributed by atoms with Crippen molar-refractivity contribution in [3.05, 3.63) is 0 Å². The van der Waals surface area contributed by atoms with E-state index in [0.29, 0.717) is 11.8 Å². The number of halogens is 1. The second-order valence-corrected chi connectivity index (χ2v) is 6.35. The second kappa shape index (κ2) is 7.82. The third kappa shape index (κ3) is 3.63. The molecule has 0 unspecified atom stereocenters. The van der Waals surface area contributed by atoms with Gasteiger partial charge in [-0.2, -0.15) is 0 Å². The molecule has 1 atom stereocenters. The van der Waals surface area contributed by atoms with E-state index in [-0.39, 0.29) is 19.0 Å².